The molecule has 1 heterocycles. The van der Waals surface area contributed by atoms with E-state index in [0.29, 0.717) is 23.8 Å². The first-order valence-electron chi connectivity index (χ1n) is 6.94. The SMILES string of the molecule is CCN1CCCC(COC(=O)c2ccc(N)cc2)C1.Cl. The molecule has 2 N–H and O–H groups in total. The predicted octanol–water partition coefficient (Wildman–Crippen LogP) is 2.58. The number of piperidine rings is 1. The summed E-state index contributed by atoms with van der Waals surface area (Å²) < 4.78 is 5.39. The van der Waals surface area contributed by atoms with Gasteiger partial charge >= 0.3 is 5.97 Å². The fraction of sp³-hybridized carbons (Fsp3) is 0.533. The Morgan fingerprint density at radius 2 is 2.10 bits per heavy atom. The summed E-state index contributed by atoms with van der Waals surface area (Å²) in [6.45, 7) is 5.95. The van der Waals surface area contributed by atoms with E-state index in [9.17, 15) is 4.79 Å². The summed E-state index contributed by atoms with van der Waals surface area (Å²) in [6.07, 6.45) is 2.34. The number of hydrogen-bond donors (Lipinski definition) is 1. The summed E-state index contributed by atoms with van der Waals surface area (Å²) in [5, 5.41) is 0. The third kappa shape index (κ3) is 4.69. The average molecular weight is 299 g/mol. The van der Waals surface area contributed by atoms with Crippen molar-refractivity contribution >= 4 is 24.1 Å². The molecule has 0 saturated carbocycles. The third-order valence-corrected chi connectivity index (χ3v) is 3.65. The highest BCUT2D eigenvalue weighted by Crippen LogP contribution is 2.17. The van der Waals surface area contributed by atoms with Crippen molar-refractivity contribution in [2.24, 2.45) is 5.92 Å². The van der Waals surface area contributed by atoms with Crippen molar-refractivity contribution in [3.05, 3.63) is 29.8 Å². The van der Waals surface area contributed by atoms with Crippen LogP contribution < -0.4 is 5.73 Å². The zero-order valence-electron chi connectivity index (χ0n) is 11.9. The molecule has 1 aliphatic heterocycles. The number of hydrogen-bond acceptors (Lipinski definition) is 4. The fourth-order valence-corrected chi connectivity index (χ4v) is 2.47. The van der Waals surface area contributed by atoms with Crippen molar-refractivity contribution in [1.82, 2.24) is 4.90 Å². The normalized spacial score (nSPS) is 19.1. The Balaban J connectivity index is 0.00000200. The van der Waals surface area contributed by atoms with Crippen molar-refractivity contribution in [3.8, 4) is 0 Å². The maximum atomic E-state index is 11.9. The standard InChI is InChI=1S/C15H22N2O2.ClH/c1-2-17-9-3-4-12(10-17)11-19-15(18)13-5-7-14(16)8-6-13;/h5-8,12H,2-4,9-11,16H2,1H3;1H. The highest BCUT2D eigenvalue weighted by molar-refractivity contribution is 5.89. The van der Waals surface area contributed by atoms with Crippen LogP contribution in [0.25, 0.3) is 0 Å². The summed E-state index contributed by atoms with van der Waals surface area (Å²) in [6, 6.07) is 6.85. The van der Waals surface area contributed by atoms with Crippen LogP contribution >= 0.6 is 12.4 Å². The lowest BCUT2D eigenvalue weighted by molar-refractivity contribution is 0.0358. The van der Waals surface area contributed by atoms with E-state index in [1.54, 1.807) is 24.3 Å². The maximum Gasteiger partial charge on any atom is 0.338 e. The molecule has 0 aromatic heterocycles. The van der Waals surface area contributed by atoms with Crippen LogP contribution in [0, 0.1) is 5.92 Å². The van der Waals surface area contributed by atoms with Gasteiger partial charge in [-0.05, 0) is 50.2 Å². The van der Waals surface area contributed by atoms with E-state index in [2.05, 4.69) is 11.8 Å². The lowest BCUT2D eigenvalue weighted by atomic mass is 9.99. The first kappa shape index (κ1) is 16.8. The van der Waals surface area contributed by atoms with Crippen LogP contribution in [0.1, 0.15) is 30.1 Å². The zero-order chi connectivity index (χ0) is 13.7. The number of benzene rings is 1. The average Bonchev–Trinajstić information content (AvgIpc) is 2.46. The molecule has 2 rings (SSSR count). The predicted molar refractivity (Wildman–Crippen MR) is 83.2 cm³/mol. The molecule has 1 fully saturated rings. The van der Waals surface area contributed by atoms with Crippen molar-refractivity contribution in [1.29, 1.82) is 0 Å². The van der Waals surface area contributed by atoms with E-state index >= 15 is 0 Å². The van der Waals surface area contributed by atoms with Crippen molar-refractivity contribution < 1.29 is 9.53 Å². The molecule has 0 radical (unpaired) electrons. The maximum absolute atomic E-state index is 11.9. The molecule has 1 aromatic carbocycles. The topological polar surface area (TPSA) is 55.6 Å². The highest BCUT2D eigenvalue weighted by atomic mass is 35.5. The summed E-state index contributed by atoms with van der Waals surface area (Å²) in [5.74, 6) is 0.208. The van der Waals surface area contributed by atoms with Crippen LogP contribution in [0.4, 0.5) is 5.69 Å². The Morgan fingerprint density at radius 1 is 1.40 bits per heavy atom. The highest BCUT2D eigenvalue weighted by Gasteiger charge is 2.20. The Hall–Kier alpha value is -1.26. The molecule has 0 amide bonds. The van der Waals surface area contributed by atoms with E-state index < -0.39 is 0 Å². The van der Waals surface area contributed by atoms with E-state index in [1.807, 2.05) is 0 Å². The number of carbonyl (C=O) groups is 1. The smallest absolute Gasteiger partial charge is 0.338 e. The first-order chi connectivity index (χ1) is 9.19. The monoisotopic (exact) mass is 298 g/mol. The fourth-order valence-electron chi connectivity index (χ4n) is 2.47. The number of halogens is 1. The van der Waals surface area contributed by atoms with Crippen molar-refractivity contribution in [2.75, 3.05) is 32.0 Å². The van der Waals surface area contributed by atoms with Gasteiger partial charge in [-0.3, -0.25) is 0 Å². The third-order valence-electron chi connectivity index (χ3n) is 3.65. The van der Waals surface area contributed by atoms with Gasteiger partial charge in [0.2, 0.25) is 0 Å². The Kier molecular flexibility index (Phi) is 6.82. The lowest BCUT2D eigenvalue weighted by Gasteiger charge is -2.31. The van der Waals surface area contributed by atoms with Gasteiger partial charge < -0.3 is 15.4 Å². The second-order valence-corrected chi connectivity index (χ2v) is 5.12. The van der Waals surface area contributed by atoms with Gasteiger partial charge in [-0.25, -0.2) is 4.79 Å². The minimum Gasteiger partial charge on any atom is -0.462 e. The van der Waals surface area contributed by atoms with Gasteiger partial charge in [0, 0.05) is 18.2 Å². The van der Waals surface area contributed by atoms with E-state index in [0.717, 1.165) is 19.5 Å². The molecule has 1 atom stereocenters. The Bertz CT molecular complexity index is 422. The lowest BCUT2D eigenvalue weighted by Crippen LogP contribution is -2.37. The molecular formula is C15H23ClN2O2. The number of carbonyl (C=O) groups excluding carboxylic acids is 1. The molecule has 20 heavy (non-hydrogen) atoms. The van der Waals surface area contributed by atoms with Crippen LogP contribution in [0.15, 0.2) is 24.3 Å². The summed E-state index contributed by atoms with van der Waals surface area (Å²) in [4.78, 5) is 14.3. The van der Waals surface area contributed by atoms with E-state index in [1.165, 1.54) is 13.0 Å². The number of nitrogens with two attached hydrogens (primary N) is 1. The van der Waals surface area contributed by atoms with Crippen molar-refractivity contribution in [3.63, 3.8) is 0 Å². The molecule has 1 unspecified atom stereocenters. The number of rotatable bonds is 4. The van der Waals surface area contributed by atoms with Gasteiger partial charge in [-0.1, -0.05) is 6.92 Å². The van der Waals surface area contributed by atoms with Gasteiger partial charge in [0.1, 0.15) is 0 Å². The van der Waals surface area contributed by atoms with Crippen LogP contribution in [0.3, 0.4) is 0 Å². The molecule has 0 bridgehead atoms. The van der Waals surface area contributed by atoms with Gasteiger partial charge in [0.15, 0.2) is 0 Å². The van der Waals surface area contributed by atoms with Crippen LogP contribution in [0.5, 0.6) is 0 Å². The number of nitrogens with zero attached hydrogens (tertiary/aromatic N) is 1. The minimum absolute atomic E-state index is 0. The quantitative estimate of drug-likeness (QED) is 0.686. The first-order valence-corrected chi connectivity index (χ1v) is 6.94. The molecule has 0 spiro atoms. The minimum atomic E-state index is -0.256. The van der Waals surface area contributed by atoms with Crippen LogP contribution in [0.2, 0.25) is 0 Å². The molecule has 1 aromatic rings. The summed E-state index contributed by atoms with van der Waals surface area (Å²) >= 11 is 0. The largest absolute Gasteiger partial charge is 0.462 e. The molecule has 0 aliphatic carbocycles. The molecular weight excluding hydrogens is 276 g/mol. The van der Waals surface area contributed by atoms with Crippen LogP contribution in [-0.2, 0) is 4.74 Å². The van der Waals surface area contributed by atoms with Crippen molar-refractivity contribution in [2.45, 2.75) is 19.8 Å². The number of nitrogen functional groups attached to an aromatic ring is 1. The molecule has 5 heteroatoms. The second kappa shape index (κ2) is 8.12. The van der Waals surface area contributed by atoms with Gasteiger partial charge in [0.05, 0.1) is 12.2 Å². The molecule has 1 aliphatic rings. The zero-order valence-corrected chi connectivity index (χ0v) is 12.7. The van der Waals surface area contributed by atoms with Gasteiger partial charge in [0.25, 0.3) is 0 Å². The number of anilines is 1. The molecule has 4 nitrogen and oxygen atoms in total. The van der Waals surface area contributed by atoms with E-state index in [-0.39, 0.29) is 18.4 Å². The summed E-state index contributed by atoms with van der Waals surface area (Å²) in [7, 11) is 0. The Morgan fingerprint density at radius 3 is 2.75 bits per heavy atom. The number of esters is 1. The van der Waals surface area contributed by atoms with E-state index in [4.69, 9.17) is 10.5 Å². The summed E-state index contributed by atoms with van der Waals surface area (Å²) in [5.41, 5.74) is 6.81. The second-order valence-electron chi connectivity index (χ2n) is 5.12. The molecule has 1 saturated heterocycles. The van der Waals surface area contributed by atoms with Gasteiger partial charge in [-0.15, -0.1) is 12.4 Å². The Labute approximate surface area is 126 Å². The van der Waals surface area contributed by atoms with Crippen LogP contribution in [-0.4, -0.2) is 37.1 Å². The molecule has 112 valence electrons. The van der Waals surface area contributed by atoms with Gasteiger partial charge in [-0.2, -0.15) is 0 Å². The number of ether oxygens (including phenoxy) is 1. The number of likely N-dealkylation sites (tertiary alicyclic amines) is 1.